The van der Waals surface area contributed by atoms with Gasteiger partial charge in [-0.1, -0.05) is 0 Å². The van der Waals surface area contributed by atoms with Crippen LogP contribution in [0.15, 0.2) is 30.0 Å². The molecular weight excluding hydrogens is 314 g/mol. The van der Waals surface area contributed by atoms with Gasteiger partial charge >= 0.3 is 6.18 Å². The zero-order valence-electron chi connectivity index (χ0n) is 12.1. The Morgan fingerprint density at radius 3 is 2.48 bits per heavy atom. The fourth-order valence-electron chi connectivity index (χ4n) is 2.03. The summed E-state index contributed by atoms with van der Waals surface area (Å²) in [6.45, 7) is 0. The molecule has 0 saturated heterocycles. The molecule has 1 N–H and O–H groups in total. The number of nitrogens with one attached hydrogen (secondary N) is 1. The van der Waals surface area contributed by atoms with Gasteiger partial charge in [0.05, 0.1) is 11.3 Å². The highest BCUT2D eigenvalue weighted by molar-refractivity contribution is 6.12. The third-order valence-corrected chi connectivity index (χ3v) is 3.01. The number of aromatic amines is 1. The highest BCUT2D eigenvalue weighted by Crippen LogP contribution is 2.34. The topological polar surface area (TPSA) is 59.9 Å². The number of hydrogen-bond acceptors (Lipinski definition) is 3. The maximum absolute atomic E-state index is 13.5. The summed E-state index contributed by atoms with van der Waals surface area (Å²) in [5.74, 6) is -2.11. The van der Waals surface area contributed by atoms with E-state index in [1.807, 2.05) is 0 Å². The lowest BCUT2D eigenvalue weighted by molar-refractivity contribution is -0.139. The zero-order valence-corrected chi connectivity index (χ0v) is 12.1. The van der Waals surface area contributed by atoms with Gasteiger partial charge in [0.2, 0.25) is 5.78 Å². The van der Waals surface area contributed by atoms with Crippen LogP contribution < -0.4 is 0 Å². The van der Waals surface area contributed by atoms with Crippen molar-refractivity contribution in [3.8, 4) is 6.07 Å². The first-order valence-corrected chi connectivity index (χ1v) is 6.36. The third kappa shape index (κ3) is 3.34. The number of carbonyl (C=O) groups is 1. The number of aromatic nitrogens is 1. The molecule has 2 aromatic rings. The summed E-state index contributed by atoms with van der Waals surface area (Å²) in [4.78, 5) is 16.2. The maximum atomic E-state index is 13.5. The van der Waals surface area contributed by atoms with E-state index in [0.717, 1.165) is 0 Å². The molecule has 0 bridgehead atoms. The Labute approximate surface area is 128 Å². The molecule has 4 nitrogen and oxygen atoms in total. The van der Waals surface area contributed by atoms with Crippen molar-refractivity contribution < 1.29 is 22.4 Å². The first kappa shape index (κ1) is 16.5. The number of Topliss-reactive ketones (excluding diaryl/α,β-unsaturated/α-hetero) is 1. The standard InChI is InChI=1S/C15H11F4N3O/c1-22(2)7-9(6-20)14(23)13-4-8-3-11(16)10(15(17,18)19)5-12(8)21-13/h3-5,7,21H,1-2H3. The van der Waals surface area contributed by atoms with Gasteiger partial charge in [-0.25, -0.2) is 4.39 Å². The summed E-state index contributed by atoms with van der Waals surface area (Å²) < 4.78 is 51.6. The largest absolute Gasteiger partial charge is 0.419 e. The Hall–Kier alpha value is -2.82. The van der Waals surface area contributed by atoms with E-state index < -0.39 is 23.3 Å². The molecule has 0 aliphatic heterocycles. The van der Waals surface area contributed by atoms with Crippen molar-refractivity contribution in [2.45, 2.75) is 6.18 Å². The maximum Gasteiger partial charge on any atom is 0.419 e. The predicted molar refractivity (Wildman–Crippen MR) is 75.0 cm³/mol. The number of rotatable bonds is 3. The molecule has 0 atom stereocenters. The summed E-state index contributed by atoms with van der Waals surface area (Å²) in [6, 6.07) is 4.23. The Balaban J connectivity index is 2.53. The molecule has 1 aromatic carbocycles. The highest BCUT2D eigenvalue weighted by atomic mass is 19.4. The molecule has 1 heterocycles. The zero-order chi connectivity index (χ0) is 17.4. The second-order valence-electron chi connectivity index (χ2n) is 5.05. The molecule has 0 radical (unpaired) electrons. The smallest absolute Gasteiger partial charge is 0.382 e. The Morgan fingerprint density at radius 2 is 1.96 bits per heavy atom. The molecule has 0 saturated carbocycles. The van der Waals surface area contributed by atoms with Crippen LogP contribution in [-0.2, 0) is 6.18 Å². The Kier molecular flexibility index (Phi) is 4.14. The summed E-state index contributed by atoms with van der Waals surface area (Å²) in [6.07, 6.45) is -3.55. The quantitative estimate of drug-likeness (QED) is 0.407. The van der Waals surface area contributed by atoms with Crippen molar-refractivity contribution in [3.63, 3.8) is 0 Å². The van der Waals surface area contributed by atoms with E-state index in [1.165, 1.54) is 17.2 Å². The molecule has 0 amide bonds. The van der Waals surface area contributed by atoms with Crippen LogP contribution >= 0.6 is 0 Å². The Bertz CT molecular complexity index is 841. The van der Waals surface area contributed by atoms with Crippen LogP contribution in [0.2, 0.25) is 0 Å². The van der Waals surface area contributed by atoms with Crippen molar-refractivity contribution in [1.29, 1.82) is 5.26 Å². The number of halogens is 4. The minimum absolute atomic E-state index is 0.0378. The number of ketones is 1. The molecule has 8 heteroatoms. The molecule has 0 aliphatic rings. The van der Waals surface area contributed by atoms with Crippen LogP contribution in [0, 0.1) is 17.1 Å². The molecule has 120 valence electrons. The number of benzene rings is 1. The van der Waals surface area contributed by atoms with E-state index >= 15 is 0 Å². The molecule has 23 heavy (non-hydrogen) atoms. The minimum Gasteiger partial charge on any atom is -0.382 e. The minimum atomic E-state index is -4.84. The molecule has 1 aromatic heterocycles. The lowest BCUT2D eigenvalue weighted by atomic mass is 10.1. The van der Waals surface area contributed by atoms with Crippen LogP contribution in [0.1, 0.15) is 16.1 Å². The monoisotopic (exact) mass is 325 g/mol. The molecule has 0 fully saturated rings. The SMILES string of the molecule is CN(C)C=C(C#N)C(=O)c1cc2cc(F)c(C(F)(F)F)cc2[nH]1. The average Bonchev–Trinajstić information content (AvgIpc) is 2.84. The summed E-state index contributed by atoms with van der Waals surface area (Å²) in [7, 11) is 3.22. The van der Waals surface area contributed by atoms with Crippen molar-refractivity contribution >= 4 is 16.7 Å². The first-order valence-electron chi connectivity index (χ1n) is 6.36. The average molecular weight is 325 g/mol. The lowest BCUT2D eigenvalue weighted by Gasteiger charge is -2.07. The van der Waals surface area contributed by atoms with Crippen LogP contribution in [0.4, 0.5) is 17.6 Å². The molecule has 0 spiro atoms. The van der Waals surface area contributed by atoms with E-state index in [0.29, 0.717) is 12.1 Å². The molecule has 0 aliphatic carbocycles. The van der Waals surface area contributed by atoms with Crippen molar-refractivity contribution in [2.24, 2.45) is 0 Å². The lowest BCUT2D eigenvalue weighted by Crippen LogP contribution is -2.09. The van der Waals surface area contributed by atoms with Gasteiger partial charge in [-0.15, -0.1) is 0 Å². The Morgan fingerprint density at radius 1 is 1.30 bits per heavy atom. The van der Waals surface area contributed by atoms with Gasteiger partial charge in [-0.3, -0.25) is 4.79 Å². The van der Waals surface area contributed by atoms with Crippen molar-refractivity contribution in [2.75, 3.05) is 14.1 Å². The van der Waals surface area contributed by atoms with Crippen LogP contribution in [0.5, 0.6) is 0 Å². The summed E-state index contributed by atoms with van der Waals surface area (Å²) in [5.41, 5.74) is -1.74. The fraction of sp³-hybridized carbons (Fsp3) is 0.200. The van der Waals surface area contributed by atoms with Gasteiger partial charge in [0.15, 0.2) is 0 Å². The van der Waals surface area contributed by atoms with Crippen LogP contribution in [0.25, 0.3) is 10.9 Å². The number of H-pyrrole nitrogens is 1. The summed E-state index contributed by atoms with van der Waals surface area (Å²) >= 11 is 0. The summed E-state index contributed by atoms with van der Waals surface area (Å²) in [5, 5.41) is 9.10. The molecule has 0 unspecified atom stereocenters. The number of alkyl halides is 3. The van der Waals surface area contributed by atoms with E-state index in [9.17, 15) is 22.4 Å². The van der Waals surface area contributed by atoms with Gasteiger partial charge in [-0.2, -0.15) is 18.4 Å². The highest BCUT2D eigenvalue weighted by Gasteiger charge is 2.34. The molecule has 2 rings (SSSR count). The number of nitrogens with zero attached hydrogens (tertiary/aromatic N) is 2. The number of carbonyl (C=O) groups excluding carboxylic acids is 1. The number of hydrogen-bond donors (Lipinski definition) is 1. The fourth-order valence-corrected chi connectivity index (χ4v) is 2.03. The first-order chi connectivity index (χ1) is 10.6. The van der Waals surface area contributed by atoms with Gasteiger partial charge in [-0.05, 0) is 18.2 Å². The van der Waals surface area contributed by atoms with Gasteiger partial charge < -0.3 is 9.88 Å². The normalized spacial score (nSPS) is 12.3. The predicted octanol–water partition coefficient (Wildman–Crippen LogP) is 3.48. The van der Waals surface area contributed by atoms with Gasteiger partial charge in [0.1, 0.15) is 17.5 Å². The number of fused-ring (bicyclic) bond motifs is 1. The van der Waals surface area contributed by atoms with Crippen LogP contribution in [-0.4, -0.2) is 29.8 Å². The number of nitriles is 1. The third-order valence-electron chi connectivity index (χ3n) is 3.01. The van der Waals surface area contributed by atoms with Crippen LogP contribution in [0.3, 0.4) is 0 Å². The molecular formula is C15H11F4N3O. The van der Waals surface area contributed by atoms with E-state index in [-0.39, 0.29) is 22.2 Å². The number of allylic oxidation sites excluding steroid dienone is 1. The van der Waals surface area contributed by atoms with Crippen molar-refractivity contribution in [1.82, 2.24) is 9.88 Å². The van der Waals surface area contributed by atoms with E-state index in [4.69, 9.17) is 5.26 Å². The van der Waals surface area contributed by atoms with E-state index in [2.05, 4.69) is 4.98 Å². The van der Waals surface area contributed by atoms with Crippen molar-refractivity contribution in [3.05, 3.63) is 47.0 Å². The van der Waals surface area contributed by atoms with E-state index in [1.54, 1.807) is 20.2 Å². The second kappa shape index (κ2) is 5.76. The van der Waals surface area contributed by atoms with Gasteiger partial charge in [0, 0.05) is 31.2 Å². The second-order valence-corrected chi connectivity index (χ2v) is 5.05. The van der Waals surface area contributed by atoms with Gasteiger partial charge in [0.25, 0.3) is 0 Å².